The van der Waals surface area contributed by atoms with Gasteiger partial charge in [0.25, 0.3) is 5.56 Å². The molecule has 6 nitrogen and oxygen atoms in total. The number of rotatable bonds is 3. The number of nitrogens with zero attached hydrogens (tertiary/aromatic N) is 1. The van der Waals surface area contributed by atoms with Crippen molar-refractivity contribution in [3.63, 3.8) is 0 Å². The van der Waals surface area contributed by atoms with Crippen molar-refractivity contribution in [3.8, 4) is 5.69 Å². The maximum atomic E-state index is 12.8. The van der Waals surface area contributed by atoms with Crippen LogP contribution in [-0.4, -0.2) is 21.3 Å². The molecule has 0 spiro atoms. The summed E-state index contributed by atoms with van der Waals surface area (Å²) in [6, 6.07) is 18.7. The van der Waals surface area contributed by atoms with Gasteiger partial charge in [-0.2, -0.15) is 0 Å². The third-order valence-corrected chi connectivity index (χ3v) is 4.89. The van der Waals surface area contributed by atoms with Crippen molar-refractivity contribution in [2.75, 3.05) is 11.9 Å². The minimum atomic E-state index is -0.510. The molecule has 6 heteroatoms. The van der Waals surface area contributed by atoms with Gasteiger partial charge in [-0.25, -0.2) is 9.36 Å². The summed E-state index contributed by atoms with van der Waals surface area (Å²) in [5.74, 6) is -0.00901. The van der Waals surface area contributed by atoms with Gasteiger partial charge in [0.15, 0.2) is 0 Å². The fraction of sp³-hybridized carbons (Fsp3) is 0.143. The van der Waals surface area contributed by atoms with E-state index in [2.05, 4.69) is 10.3 Å². The van der Waals surface area contributed by atoms with Gasteiger partial charge in [-0.3, -0.25) is 9.78 Å². The summed E-state index contributed by atoms with van der Waals surface area (Å²) in [5.41, 5.74) is 2.42. The number of H-pyrrole nitrogens is 1. The zero-order valence-corrected chi connectivity index (χ0v) is 14.8. The number of benzene rings is 2. The lowest BCUT2D eigenvalue weighted by Crippen LogP contribution is -2.38. The van der Waals surface area contributed by atoms with Crippen LogP contribution in [0.25, 0.3) is 5.69 Å². The number of anilines is 1. The molecule has 0 saturated carbocycles. The Balaban J connectivity index is 2.07. The Bertz CT molecular complexity index is 1130. The summed E-state index contributed by atoms with van der Waals surface area (Å²) < 4.78 is 1.46. The Labute approximate surface area is 155 Å². The largest absolute Gasteiger partial charge is 0.392 e. The van der Waals surface area contributed by atoms with Gasteiger partial charge in [0.1, 0.15) is 5.82 Å². The predicted octanol–water partition coefficient (Wildman–Crippen LogP) is 2.35. The van der Waals surface area contributed by atoms with Crippen molar-refractivity contribution < 1.29 is 5.11 Å². The first-order valence-electron chi connectivity index (χ1n) is 8.69. The minimum Gasteiger partial charge on any atom is -0.392 e. The van der Waals surface area contributed by atoms with E-state index in [1.54, 1.807) is 12.1 Å². The van der Waals surface area contributed by atoms with Crippen LogP contribution >= 0.6 is 0 Å². The second kappa shape index (κ2) is 6.74. The van der Waals surface area contributed by atoms with Crippen molar-refractivity contribution in [2.24, 2.45) is 0 Å². The number of aliphatic hydroxyl groups is 1. The minimum absolute atomic E-state index is 0.193. The number of allylic oxidation sites excluding steroid dienone is 1. The average Bonchev–Trinajstić information content (AvgIpc) is 2.68. The molecule has 0 aliphatic carbocycles. The zero-order chi connectivity index (χ0) is 19.0. The summed E-state index contributed by atoms with van der Waals surface area (Å²) in [5, 5.41) is 13.1. The van der Waals surface area contributed by atoms with Gasteiger partial charge >= 0.3 is 5.69 Å². The molecule has 0 amide bonds. The summed E-state index contributed by atoms with van der Waals surface area (Å²) in [6.07, 6.45) is 0. The molecule has 1 unspecified atom stereocenters. The molecule has 1 aliphatic rings. The van der Waals surface area contributed by atoms with Gasteiger partial charge in [0.05, 0.1) is 17.9 Å². The molecule has 1 aliphatic heterocycles. The SMILES string of the molecule is CC1=C(CO)C(c2ccccc2)c2c(n(-c3ccccc3)c(=O)[nH]c2=O)N1. The Morgan fingerprint density at radius 2 is 1.63 bits per heavy atom. The van der Waals surface area contributed by atoms with E-state index in [-0.39, 0.29) is 6.61 Å². The first-order chi connectivity index (χ1) is 13.1. The molecule has 0 bridgehead atoms. The van der Waals surface area contributed by atoms with Crippen LogP contribution in [0.5, 0.6) is 0 Å². The molecule has 2 heterocycles. The highest BCUT2D eigenvalue weighted by molar-refractivity contribution is 5.63. The monoisotopic (exact) mass is 361 g/mol. The summed E-state index contributed by atoms with van der Waals surface area (Å²) in [4.78, 5) is 27.9. The van der Waals surface area contributed by atoms with Gasteiger partial charge in [-0.15, -0.1) is 0 Å². The lowest BCUT2D eigenvalue weighted by Gasteiger charge is -2.31. The van der Waals surface area contributed by atoms with Crippen LogP contribution in [0, 0.1) is 0 Å². The maximum absolute atomic E-state index is 12.8. The van der Waals surface area contributed by atoms with E-state index in [1.807, 2.05) is 55.5 Å². The van der Waals surface area contributed by atoms with Crippen LogP contribution in [0.2, 0.25) is 0 Å². The third-order valence-electron chi connectivity index (χ3n) is 4.89. The second-order valence-corrected chi connectivity index (χ2v) is 6.47. The number of fused-ring (bicyclic) bond motifs is 1. The summed E-state index contributed by atoms with van der Waals surface area (Å²) >= 11 is 0. The number of aromatic nitrogens is 2. The predicted molar refractivity (Wildman–Crippen MR) is 104 cm³/mol. The highest BCUT2D eigenvalue weighted by Gasteiger charge is 2.32. The summed E-state index contributed by atoms with van der Waals surface area (Å²) in [7, 11) is 0. The molecular weight excluding hydrogens is 342 g/mol. The topological polar surface area (TPSA) is 87.1 Å². The first kappa shape index (κ1) is 17.1. The van der Waals surface area contributed by atoms with Crippen LogP contribution < -0.4 is 16.6 Å². The van der Waals surface area contributed by atoms with Crippen LogP contribution in [0.3, 0.4) is 0 Å². The first-order valence-corrected chi connectivity index (χ1v) is 8.69. The van der Waals surface area contributed by atoms with Crippen molar-refractivity contribution in [1.29, 1.82) is 0 Å². The fourth-order valence-corrected chi connectivity index (χ4v) is 3.64. The van der Waals surface area contributed by atoms with Gasteiger partial charge in [-0.1, -0.05) is 48.5 Å². The van der Waals surface area contributed by atoms with Crippen molar-refractivity contribution >= 4 is 5.82 Å². The summed E-state index contributed by atoms with van der Waals surface area (Å²) in [6.45, 7) is 1.65. The molecule has 0 radical (unpaired) electrons. The molecule has 4 rings (SSSR count). The molecule has 0 fully saturated rings. The number of aliphatic hydroxyl groups excluding tert-OH is 1. The molecule has 1 atom stereocenters. The standard InChI is InChI=1S/C21H19N3O3/c1-13-16(12-25)17(14-8-4-2-5-9-14)18-19(22-13)24(21(27)23-20(18)26)15-10-6-3-7-11-15/h2-11,17,22,25H,12H2,1H3,(H,23,26,27). The van der Waals surface area contributed by atoms with E-state index in [4.69, 9.17) is 0 Å². The fourth-order valence-electron chi connectivity index (χ4n) is 3.64. The highest BCUT2D eigenvalue weighted by atomic mass is 16.3. The van der Waals surface area contributed by atoms with E-state index >= 15 is 0 Å². The molecule has 2 aromatic carbocycles. The highest BCUT2D eigenvalue weighted by Crippen LogP contribution is 2.39. The van der Waals surface area contributed by atoms with Crippen molar-refractivity contribution in [3.05, 3.63) is 104 Å². The molecule has 0 saturated heterocycles. The van der Waals surface area contributed by atoms with E-state index < -0.39 is 17.2 Å². The number of para-hydroxylation sites is 1. The Hall–Kier alpha value is -3.38. The normalized spacial score (nSPS) is 16.0. The molecule has 3 aromatic rings. The second-order valence-electron chi connectivity index (χ2n) is 6.47. The van der Waals surface area contributed by atoms with E-state index in [1.165, 1.54) is 4.57 Å². The average molecular weight is 361 g/mol. The van der Waals surface area contributed by atoms with Crippen LogP contribution in [-0.2, 0) is 0 Å². The van der Waals surface area contributed by atoms with E-state index in [0.717, 1.165) is 11.3 Å². The van der Waals surface area contributed by atoms with Gasteiger partial charge < -0.3 is 10.4 Å². The van der Waals surface area contributed by atoms with Crippen LogP contribution in [0.15, 0.2) is 81.5 Å². The number of hydrogen-bond donors (Lipinski definition) is 3. The Morgan fingerprint density at radius 3 is 2.26 bits per heavy atom. The lowest BCUT2D eigenvalue weighted by molar-refractivity contribution is 0.323. The van der Waals surface area contributed by atoms with E-state index in [0.29, 0.717) is 22.6 Å². The van der Waals surface area contributed by atoms with Crippen LogP contribution in [0.4, 0.5) is 5.82 Å². The van der Waals surface area contributed by atoms with Crippen molar-refractivity contribution in [2.45, 2.75) is 12.8 Å². The number of hydrogen-bond acceptors (Lipinski definition) is 4. The van der Waals surface area contributed by atoms with E-state index in [9.17, 15) is 14.7 Å². The lowest BCUT2D eigenvalue weighted by atomic mass is 9.82. The van der Waals surface area contributed by atoms with Gasteiger partial charge in [0, 0.05) is 11.6 Å². The zero-order valence-electron chi connectivity index (χ0n) is 14.8. The number of nitrogens with one attached hydrogen (secondary N) is 2. The van der Waals surface area contributed by atoms with Gasteiger partial charge in [-0.05, 0) is 30.2 Å². The third kappa shape index (κ3) is 2.80. The Kier molecular flexibility index (Phi) is 4.25. The molecular formula is C21H19N3O3. The molecule has 3 N–H and O–H groups in total. The Morgan fingerprint density at radius 1 is 1.00 bits per heavy atom. The van der Waals surface area contributed by atoms with Gasteiger partial charge in [0.2, 0.25) is 0 Å². The molecule has 27 heavy (non-hydrogen) atoms. The van der Waals surface area contributed by atoms with Crippen molar-refractivity contribution in [1.82, 2.24) is 9.55 Å². The van der Waals surface area contributed by atoms with Crippen LogP contribution in [0.1, 0.15) is 24.0 Å². The number of aromatic amines is 1. The smallest absolute Gasteiger partial charge is 0.334 e. The quantitative estimate of drug-likeness (QED) is 0.668. The molecule has 1 aromatic heterocycles. The molecule has 136 valence electrons. The maximum Gasteiger partial charge on any atom is 0.334 e.